The van der Waals surface area contributed by atoms with Crippen LogP contribution in [0.2, 0.25) is 0 Å². The highest BCUT2D eigenvalue weighted by Crippen LogP contribution is 2.21. The monoisotopic (exact) mass is 299 g/mol. The maximum Gasteiger partial charge on any atom is 0.263 e. The van der Waals surface area contributed by atoms with Crippen molar-refractivity contribution in [3.8, 4) is 0 Å². The average molecular weight is 299 g/mol. The van der Waals surface area contributed by atoms with Crippen LogP contribution in [-0.2, 0) is 4.74 Å². The molecule has 0 aliphatic carbocycles. The lowest BCUT2D eigenvalue weighted by Crippen LogP contribution is -2.43. The van der Waals surface area contributed by atoms with E-state index in [1.807, 2.05) is 32.9 Å². The third-order valence-corrected chi connectivity index (χ3v) is 4.16. The number of hydrogen-bond acceptors (Lipinski definition) is 4. The molecular weight excluding hydrogens is 278 g/mol. The molecule has 0 saturated carbocycles. The zero-order valence-corrected chi connectivity index (χ0v) is 13.3. The second kappa shape index (κ2) is 5.57. The summed E-state index contributed by atoms with van der Waals surface area (Å²) >= 11 is 0. The first-order valence-corrected chi connectivity index (χ1v) is 7.55. The van der Waals surface area contributed by atoms with Crippen molar-refractivity contribution >= 4 is 17.5 Å². The zero-order valence-electron chi connectivity index (χ0n) is 13.3. The molecule has 1 aliphatic rings. The van der Waals surface area contributed by atoms with Gasteiger partial charge in [0.25, 0.3) is 5.56 Å². The summed E-state index contributed by atoms with van der Waals surface area (Å²) < 4.78 is 7.25. The number of ether oxygens (including phenoxy) is 1. The molecule has 1 atom stereocenters. The number of rotatable bonds is 2. The Morgan fingerprint density at radius 1 is 1.41 bits per heavy atom. The predicted octanol–water partition coefficient (Wildman–Crippen LogP) is 2.18. The topological polar surface area (TPSA) is 46.8 Å². The van der Waals surface area contributed by atoms with Crippen molar-refractivity contribution in [3.63, 3.8) is 0 Å². The van der Waals surface area contributed by atoms with Gasteiger partial charge in [-0.2, -0.15) is 0 Å². The number of aromatic nitrogens is 2. The summed E-state index contributed by atoms with van der Waals surface area (Å²) in [5, 5.41) is 0. The van der Waals surface area contributed by atoms with Crippen LogP contribution in [0.3, 0.4) is 0 Å². The summed E-state index contributed by atoms with van der Waals surface area (Å²) in [7, 11) is 0. The van der Waals surface area contributed by atoms with Gasteiger partial charge in [0, 0.05) is 24.3 Å². The fourth-order valence-electron chi connectivity index (χ4n) is 2.95. The van der Waals surface area contributed by atoms with Crippen molar-refractivity contribution in [1.29, 1.82) is 0 Å². The molecule has 3 heterocycles. The minimum atomic E-state index is -0.0136. The molecule has 3 rings (SSSR count). The second-order valence-electron chi connectivity index (χ2n) is 5.79. The van der Waals surface area contributed by atoms with Crippen LogP contribution in [0.1, 0.15) is 23.7 Å². The summed E-state index contributed by atoms with van der Waals surface area (Å²) in [5.41, 5.74) is 3.07. The fraction of sp³-hybridized carbons (Fsp3) is 0.412. The first-order chi connectivity index (χ1) is 10.5. The van der Waals surface area contributed by atoms with Gasteiger partial charge in [-0.05, 0) is 32.9 Å². The number of morpholine rings is 1. The molecule has 0 spiro atoms. The molecule has 2 aromatic heterocycles. The van der Waals surface area contributed by atoms with Gasteiger partial charge in [-0.25, -0.2) is 4.98 Å². The lowest BCUT2D eigenvalue weighted by atomic mass is 10.2. The van der Waals surface area contributed by atoms with Crippen molar-refractivity contribution in [2.24, 2.45) is 0 Å². The lowest BCUT2D eigenvalue weighted by molar-refractivity contribution is 0.0529. The number of nitrogens with zero attached hydrogens (tertiary/aromatic N) is 3. The van der Waals surface area contributed by atoms with Gasteiger partial charge in [0.2, 0.25) is 0 Å². The molecule has 22 heavy (non-hydrogen) atoms. The van der Waals surface area contributed by atoms with Gasteiger partial charge in [0.05, 0.1) is 18.3 Å². The Morgan fingerprint density at radius 3 is 2.86 bits per heavy atom. The van der Waals surface area contributed by atoms with Gasteiger partial charge >= 0.3 is 0 Å². The number of fused-ring (bicyclic) bond motifs is 1. The quantitative estimate of drug-likeness (QED) is 0.853. The molecule has 0 radical (unpaired) electrons. The average Bonchev–Trinajstić information content (AvgIpc) is 2.50. The van der Waals surface area contributed by atoms with Gasteiger partial charge in [-0.3, -0.25) is 9.20 Å². The molecule has 0 aromatic carbocycles. The molecular formula is C17H21N3O2. The van der Waals surface area contributed by atoms with E-state index in [0.717, 1.165) is 30.2 Å². The van der Waals surface area contributed by atoms with Crippen LogP contribution in [-0.4, -0.2) is 35.2 Å². The van der Waals surface area contributed by atoms with E-state index < -0.39 is 0 Å². The van der Waals surface area contributed by atoms with Crippen molar-refractivity contribution in [2.75, 3.05) is 24.6 Å². The number of pyridine rings is 1. The Bertz CT molecular complexity index is 795. The lowest BCUT2D eigenvalue weighted by Gasteiger charge is -2.33. The van der Waals surface area contributed by atoms with Gasteiger partial charge in [-0.1, -0.05) is 12.7 Å². The van der Waals surface area contributed by atoms with E-state index in [2.05, 4.69) is 11.5 Å². The van der Waals surface area contributed by atoms with Crippen molar-refractivity contribution in [2.45, 2.75) is 26.9 Å². The standard InChI is InChI=1S/C17H21N3O2/c1-5-14-7-6-11(2)20-16(14)18-15(13(4)17(20)21)19-8-9-22-12(3)10-19/h5-7,12H,1,8-10H2,2-4H3/t12-/m1/s1. The van der Waals surface area contributed by atoms with Gasteiger partial charge < -0.3 is 9.64 Å². The SMILES string of the molecule is C=Cc1ccc(C)n2c(=O)c(C)c(N3CCO[C@H](C)C3)nc12. The van der Waals surface area contributed by atoms with Crippen LogP contribution in [0.5, 0.6) is 0 Å². The maximum absolute atomic E-state index is 12.8. The largest absolute Gasteiger partial charge is 0.375 e. The van der Waals surface area contributed by atoms with E-state index in [0.29, 0.717) is 17.8 Å². The van der Waals surface area contributed by atoms with Crippen LogP contribution in [0.4, 0.5) is 5.82 Å². The first kappa shape index (κ1) is 14.8. The summed E-state index contributed by atoms with van der Waals surface area (Å²) in [6, 6.07) is 3.87. The minimum absolute atomic E-state index is 0.0136. The summed E-state index contributed by atoms with van der Waals surface area (Å²) in [6.45, 7) is 11.8. The molecule has 116 valence electrons. The van der Waals surface area contributed by atoms with E-state index >= 15 is 0 Å². The molecule has 5 nitrogen and oxygen atoms in total. The van der Waals surface area contributed by atoms with Crippen molar-refractivity contribution in [3.05, 3.63) is 45.9 Å². The molecule has 1 aliphatic heterocycles. The highest BCUT2D eigenvalue weighted by molar-refractivity contribution is 5.67. The molecule has 0 amide bonds. The second-order valence-corrected chi connectivity index (χ2v) is 5.79. The third kappa shape index (κ3) is 2.31. The summed E-state index contributed by atoms with van der Waals surface area (Å²) in [6.07, 6.45) is 1.88. The van der Waals surface area contributed by atoms with Crippen LogP contribution in [0.15, 0.2) is 23.5 Å². The van der Waals surface area contributed by atoms with Crippen LogP contribution < -0.4 is 10.5 Å². The van der Waals surface area contributed by atoms with E-state index in [4.69, 9.17) is 9.72 Å². The molecule has 1 saturated heterocycles. The van der Waals surface area contributed by atoms with E-state index in [9.17, 15) is 4.79 Å². The first-order valence-electron chi connectivity index (χ1n) is 7.55. The van der Waals surface area contributed by atoms with Gasteiger partial charge in [0.15, 0.2) is 0 Å². The van der Waals surface area contributed by atoms with Crippen molar-refractivity contribution < 1.29 is 4.74 Å². The van der Waals surface area contributed by atoms with E-state index in [1.54, 1.807) is 10.5 Å². The molecule has 2 aromatic rings. The summed E-state index contributed by atoms with van der Waals surface area (Å²) in [4.78, 5) is 19.7. The Kier molecular flexibility index (Phi) is 3.74. The molecule has 0 N–H and O–H groups in total. The van der Waals surface area contributed by atoms with Crippen LogP contribution in [0.25, 0.3) is 11.7 Å². The third-order valence-electron chi connectivity index (χ3n) is 4.16. The molecule has 1 fully saturated rings. The Morgan fingerprint density at radius 2 is 2.18 bits per heavy atom. The number of anilines is 1. The maximum atomic E-state index is 12.8. The Labute approximate surface area is 129 Å². The fourth-order valence-corrected chi connectivity index (χ4v) is 2.95. The Balaban J connectivity index is 2.26. The van der Waals surface area contributed by atoms with E-state index in [-0.39, 0.29) is 11.7 Å². The zero-order chi connectivity index (χ0) is 15.9. The minimum Gasteiger partial charge on any atom is -0.375 e. The molecule has 0 unspecified atom stereocenters. The number of aryl methyl sites for hydroxylation is 1. The van der Waals surface area contributed by atoms with E-state index in [1.165, 1.54) is 0 Å². The van der Waals surface area contributed by atoms with Gasteiger partial charge in [-0.15, -0.1) is 0 Å². The normalized spacial score (nSPS) is 18.7. The molecule has 5 heteroatoms. The van der Waals surface area contributed by atoms with Crippen LogP contribution in [0, 0.1) is 13.8 Å². The highest BCUT2D eigenvalue weighted by atomic mass is 16.5. The smallest absolute Gasteiger partial charge is 0.263 e. The van der Waals surface area contributed by atoms with Gasteiger partial charge in [0.1, 0.15) is 11.5 Å². The highest BCUT2D eigenvalue weighted by Gasteiger charge is 2.22. The molecule has 0 bridgehead atoms. The van der Waals surface area contributed by atoms with Crippen molar-refractivity contribution in [1.82, 2.24) is 9.38 Å². The Hall–Kier alpha value is -2.14. The summed E-state index contributed by atoms with van der Waals surface area (Å²) in [5.74, 6) is 0.758. The number of hydrogen-bond donors (Lipinski definition) is 0. The predicted molar refractivity (Wildman–Crippen MR) is 88.7 cm³/mol. The van der Waals surface area contributed by atoms with Crippen LogP contribution >= 0.6 is 0 Å².